The van der Waals surface area contributed by atoms with E-state index in [9.17, 15) is 5.11 Å². The third-order valence-electron chi connectivity index (χ3n) is 6.62. The van der Waals surface area contributed by atoms with Crippen molar-refractivity contribution in [2.75, 3.05) is 26.7 Å². The Kier molecular flexibility index (Phi) is 5.09. The van der Waals surface area contributed by atoms with Gasteiger partial charge in [-0.2, -0.15) is 0 Å². The van der Waals surface area contributed by atoms with Crippen LogP contribution in [0, 0.1) is 0 Å². The molecule has 30 heavy (non-hydrogen) atoms. The molecule has 5 nitrogen and oxygen atoms in total. The number of piperidine rings is 1. The third kappa shape index (κ3) is 3.64. The van der Waals surface area contributed by atoms with Crippen molar-refractivity contribution >= 4 is 0 Å². The number of phenolic OH excluding ortho intramolecular Hbond substituents is 1. The predicted octanol–water partition coefficient (Wildman–Crippen LogP) is 4.86. The first-order chi connectivity index (χ1) is 14.7. The molecule has 3 aromatic rings. The van der Waals surface area contributed by atoms with Gasteiger partial charge in [-0.3, -0.25) is 0 Å². The summed E-state index contributed by atoms with van der Waals surface area (Å²) in [6, 6.07) is 17.6. The summed E-state index contributed by atoms with van der Waals surface area (Å²) in [6.45, 7) is 3.15. The minimum absolute atomic E-state index is 0.0350. The third-order valence-corrected chi connectivity index (χ3v) is 6.62. The summed E-state index contributed by atoms with van der Waals surface area (Å²) < 4.78 is 11.6. The molecule has 1 aliphatic carbocycles. The van der Waals surface area contributed by atoms with E-state index in [1.807, 2.05) is 25.3 Å². The fraction of sp³-hybridized carbons (Fsp3) is 0.400. The first kappa shape index (κ1) is 19.3. The molecule has 5 rings (SSSR count). The molecule has 0 atom stereocenters. The van der Waals surface area contributed by atoms with E-state index in [1.165, 1.54) is 0 Å². The summed E-state index contributed by atoms with van der Waals surface area (Å²) in [5, 5.41) is 14.2. The summed E-state index contributed by atoms with van der Waals surface area (Å²) in [4.78, 5) is 2.56. The lowest BCUT2D eigenvalue weighted by molar-refractivity contribution is 0.0375. The van der Waals surface area contributed by atoms with Gasteiger partial charge in [0.2, 0.25) is 0 Å². The number of benzene rings is 2. The van der Waals surface area contributed by atoms with Gasteiger partial charge in [0.05, 0.1) is 11.7 Å². The standard InChI is InChI=1S/C25H28N2O3/c1-29-21-11-15-27(16-12-21)17-25(13-14-25)24-22(18-5-3-2-4-6-18)23(26-30-24)19-7-9-20(28)10-8-19/h2-10,21,28H,11-17H2,1H3. The van der Waals surface area contributed by atoms with Gasteiger partial charge < -0.3 is 19.3 Å². The number of likely N-dealkylation sites (tertiary alicyclic amines) is 1. The molecule has 0 unspecified atom stereocenters. The van der Waals surface area contributed by atoms with E-state index in [-0.39, 0.29) is 11.2 Å². The summed E-state index contributed by atoms with van der Waals surface area (Å²) in [7, 11) is 1.81. The molecular weight excluding hydrogens is 376 g/mol. The lowest BCUT2D eigenvalue weighted by Gasteiger charge is -2.33. The molecule has 0 amide bonds. The van der Waals surface area contributed by atoms with Crippen molar-refractivity contribution in [3.63, 3.8) is 0 Å². The van der Waals surface area contributed by atoms with Gasteiger partial charge in [-0.25, -0.2) is 0 Å². The van der Waals surface area contributed by atoms with E-state index in [0.717, 1.165) is 73.5 Å². The van der Waals surface area contributed by atoms with Gasteiger partial charge >= 0.3 is 0 Å². The van der Waals surface area contributed by atoms with E-state index in [1.54, 1.807) is 12.1 Å². The Morgan fingerprint density at radius 1 is 1.03 bits per heavy atom. The Hall–Kier alpha value is -2.63. The van der Waals surface area contributed by atoms with Crippen LogP contribution in [0.25, 0.3) is 22.4 Å². The van der Waals surface area contributed by atoms with Crippen LogP contribution >= 0.6 is 0 Å². The maximum absolute atomic E-state index is 9.69. The molecule has 1 aliphatic heterocycles. The van der Waals surface area contributed by atoms with Crippen molar-refractivity contribution in [2.45, 2.75) is 37.2 Å². The lowest BCUT2D eigenvalue weighted by atomic mass is 9.91. The van der Waals surface area contributed by atoms with Crippen molar-refractivity contribution < 1.29 is 14.4 Å². The van der Waals surface area contributed by atoms with Crippen LogP contribution in [0.4, 0.5) is 0 Å². The zero-order valence-corrected chi connectivity index (χ0v) is 17.4. The molecule has 2 aliphatic rings. The van der Waals surface area contributed by atoms with Crippen LogP contribution in [0.1, 0.15) is 31.4 Å². The quantitative estimate of drug-likeness (QED) is 0.636. The van der Waals surface area contributed by atoms with Crippen molar-refractivity contribution in [1.82, 2.24) is 10.1 Å². The predicted molar refractivity (Wildman–Crippen MR) is 116 cm³/mol. The molecule has 1 saturated heterocycles. The van der Waals surface area contributed by atoms with Crippen LogP contribution in [-0.4, -0.2) is 48.0 Å². The molecule has 1 saturated carbocycles. The highest BCUT2D eigenvalue weighted by atomic mass is 16.5. The number of phenols is 1. The van der Waals surface area contributed by atoms with E-state index in [4.69, 9.17) is 9.26 Å². The van der Waals surface area contributed by atoms with Crippen LogP contribution in [-0.2, 0) is 10.2 Å². The second-order valence-electron chi connectivity index (χ2n) is 8.64. The Balaban J connectivity index is 1.50. The maximum atomic E-state index is 9.69. The number of aromatic hydroxyl groups is 1. The number of aromatic nitrogens is 1. The topological polar surface area (TPSA) is 58.7 Å². The number of hydrogen-bond acceptors (Lipinski definition) is 5. The van der Waals surface area contributed by atoms with E-state index < -0.39 is 0 Å². The smallest absolute Gasteiger partial charge is 0.152 e. The first-order valence-electron chi connectivity index (χ1n) is 10.8. The number of ether oxygens (including phenoxy) is 1. The van der Waals surface area contributed by atoms with Gasteiger partial charge in [0.1, 0.15) is 11.4 Å². The number of methoxy groups -OCH3 is 1. The van der Waals surface area contributed by atoms with Crippen LogP contribution < -0.4 is 0 Å². The average molecular weight is 405 g/mol. The van der Waals surface area contributed by atoms with Crippen molar-refractivity contribution in [3.8, 4) is 28.1 Å². The molecule has 0 spiro atoms. The molecule has 5 heteroatoms. The minimum Gasteiger partial charge on any atom is -0.508 e. The molecule has 156 valence electrons. The maximum Gasteiger partial charge on any atom is 0.152 e. The van der Waals surface area contributed by atoms with E-state index in [0.29, 0.717) is 6.10 Å². The van der Waals surface area contributed by atoms with Gasteiger partial charge in [0, 0.05) is 37.7 Å². The Morgan fingerprint density at radius 3 is 2.37 bits per heavy atom. The van der Waals surface area contributed by atoms with E-state index in [2.05, 4.69) is 34.3 Å². The van der Waals surface area contributed by atoms with E-state index >= 15 is 0 Å². The largest absolute Gasteiger partial charge is 0.508 e. The Labute approximate surface area is 177 Å². The van der Waals surface area contributed by atoms with Crippen molar-refractivity contribution in [3.05, 3.63) is 60.4 Å². The number of rotatable bonds is 6. The van der Waals surface area contributed by atoms with Gasteiger partial charge in [-0.05, 0) is 55.5 Å². The Bertz CT molecular complexity index is 985. The second-order valence-corrected chi connectivity index (χ2v) is 8.64. The number of hydrogen-bond donors (Lipinski definition) is 1. The zero-order chi connectivity index (χ0) is 20.6. The molecule has 0 radical (unpaired) electrons. The first-order valence-corrected chi connectivity index (χ1v) is 10.8. The van der Waals surface area contributed by atoms with Crippen LogP contribution in [0.15, 0.2) is 59.1 Å². The highest BCUT2D eigenvalue weighted by Crippen LogP contribution is 2.53. The van der Waals surface area contributed by atoms with Gasteiger partial charge in [0.15, 0.2) is 5.76 Å². The average Bonchev–Trinajstić information content (AvgIpc) is 3.42. The lowest BCUT2D eigenvalue weighted by Crippen LogP contribution is -2.41. The molecule has 2 aromatic carbocycles. The summed E-state index contributed by atoms with van der Waals surface area (Å²) >= 11 is 0. The molecule has 1 N–H and O–H groups in total. The highest BCUT2D eigenvalue weighted by molar-refractivity contribution is 5.83. The normalized spacial score (nSPS) is 19.1. The second kappa shape index (κ2) is 7.89. The fourth-order valence-electron chi connectivity index (χ4n) is 4.68. The highest BCUT2D eigenvalue weighted by Gasteiger charge is 2.51. The summed E-state index contributed by atoms with van der Waals surface area (Å²) in [5.41, 5.74) is 4.05. The number of nitrogens with zero attached hydrogens (tertiary/aromatic N) is 2. The molecule has 2 heterocycles. The molecular formula is C25H28N2O3. The minimum atomic E-state index is 0.0350. The monoisotopic (exact) mass is 404 g/mol. The Morgan fingerprint density at radius 2 is 1.73 bits per heavy atom. The summed E-state index contributed by atoms with van der Waals surface area (Å²) in [6.07, 6.45) is 4.82. The van der Waals surface area contributed by atoms with Gasteiger partial charge in [-0.15, -0.1) is 0 Å². The summed E-state index contributed by atoms with van der Waals surface area (Å²) in [5.74, 6) is 1.26. The van der Waals surface area contributed by atoms with Crippen LogP contribution in [0.5, 0.6) is 5.75 Å². The molecule has 2 fully saturated rings. The van der Waals surface area contributed by atoms with Crippen LogP contribution in [0.2, 0.25) is 0 Å². The van der Waals surface area contributed by atoms with Gasteiger partial charge in [0.25, 0.3) is 0 Å². The van der Waals surface area contributed by atoms with Gasteiger partial charge in [-0.1, -0.05) is 35.5 Å². The fourth-order valence-corrected chi connectivity index (χ4v) is 4.68. The van der Waals surface area contributed by atoms with Crippen LogP contribution in [0.3, 0.4) is 0 Å². The SMILES string of the molecule is COC1CCN(CC2(c3onc(-c4ccc(O)cc4)c3-c3ccccc3)CC2)CC1. The van der Waals surface area contributed by atoms with Crippen molar-refractivity contribution in [1.29, 1.82) is 0 Å². The van der Waals surface area contributed by atoms with Crippen molar-refractivity contribution in [2.24, 2.45) is 0 Å². The molecule has 1 aromatic heterocycles. The zero-order valence-electron chi connectivity index (χ0n) is 17.4. The molecule has 0 bridgehead atoms.